The summed E-state index contributed by atoms with van der Waals surface area (Å²) in [5.74, 6) is 0.134. The highest BCUT2D eigenvalue weighted by atomic mass is 16.5. The summed E-state index contributed by atoms with van der Waals surface area (Å²) in [6, 6.07) is 21.4. The Morgan fingerprint density at radius 2 is 1.70 bits per heavy atom. The van der Waals surface area contributed by atoms with Crippen LogP contribution in [-0.2, 0) is 0 Å². The number of fused-ring (bicyclic) bond motifs is 1. The Labute approximate surface area is 155 Å². The number of nitrogens with zero attached hydrogens (tertiary/aromatic N) is 1. The van der Waals surface area contributed by atoms with Crippen LogP contribution in [0.2, 0.25) is 0 Å². The molecule has 0 amide bonds. The van der Waals surface area contributed by atoms with Gasteiger partial charge in [-0.25, -0.2) is 4.79 Å². The van der Waals surface area contributed by atoms with Gasteiger partial charge in [0.05, 0.1) is 11.5 Å². The van der Waals surface area contributed by atoms with E-state index in [9.17, 15) is 10.1 Å². The Bertz CT molecular complexity index is 1140. The molecule has 1 aromatic heterocycles. The van der Waals surface area contributed by atoms with Crippen LogP contribution in [0, 0.1) is 18.3 Å². The first kappa shape index (κ1) is 16.7. The van der Waals surface area contributed by atoms with Gasteiger partial charge in [-0.1, -0.05) is 54.6 Å². The summed E-state index contributed by atoms with van der Waals surface area (Å²) in [6.45, 7) is 1.66. The minimum absolute atomic E-state index is 0.00661. The molecule has 0 radical (unpaired) electrons. The van der Waals surface area contributed by atoms with Gasteiger partial charge in [0, 0.05) is 6.07 Å². The second-order valence-corrected chi connectivity index (χ2v) is 6.34. The van der Waals surface area contributed by atoms with E-state index in [0.29, 0.717) is 17.1 Å². The minimum Gasteiger partial charge on any atom is -0.440 e. The molecule has 132 valence electrons. The fraction of sp³-hybridized carbons (Fsp3) is 0.0909. The zero-order valence-electron chi connectivity index (χ0n) is 14.6. The van der Waals surface area contributed by atoms with Crippen molar-refractivity contribution in [2.75, 3.05) is 0 Å². The predicted molar refractivity (Wildman–Crippen MR) is 101 cm³/mol. The molecule has 0 spiro atoms. The van der Waals surface area contributed by atoms with E-state index in [1.807, 2.05) is 54.6 Å². The van der Waals surface area contributed by atoms with Crippen LogP contribution in [0.4, 0.5) is 0 Å². The zero-order valence-corrected chi connectivity index (χ0v) is 14.6. The van der Waals surface area contributed by atoms with Gasteiger partial charge in [-0.15, -0.1) is 0 Å². The fourth-order valence-electron chi connectivity index (χ4n) is 3.35. The molecule has 1 unspecified atom stereocenters. The smallest absolute Gasteiger partial charge is 0.343 e. The molecular weight excluding hydrogens is 340 g/mol. The maximum absolute atomic E-state index is 12.5. The summed E-state index contributed by atoms with van der Waals surface area (Å²) in [5, 5.41) is 9.60. The van der Waals surface area contributed by atoms with Gasteiger partial charge >= 0.3 is 5.63 Å². The van der Waals surface area contributed by atoms with E-state index < -0.39 is 11.5 Å². The molecule has 1 aliphatic rings. The van der Waals surface area contributed by atoms with Crippen LogP contribution in [0.1, 0.15) is 22.8 Å². The molecule has 3 aromatic rings. The summed E-state index contributed by atoms with van der Waals surface area (Å²) in [6.07, 6.45) is 0. The van der Waals surface area contributed by atoms with Crippen molar-refractivity contribution in [1.29, 1.82) is 5.26 Å². The van der Waals surface area contributed by atoms with Crippen LogP contribution in [0.5, 0.6) is 5.75 Å². The van der Waals surface area contributed by atoms with Gasteiger partial charge < -0.3 is 14.9 Å². The maximum atomic E-state index is 12.5. The summed E-state index contributed by atoms with van der Waals surface area (Å²) in [7, 11) is 0. The van der Waals surface area contributed by atoms with E-state index in [-0.39, 0.29) is 11.5 Å². The highest BCUT2D eigenvalue weighted by Gasteiger charge is 2.34. The highest BCUT2D eigenvalue weighted by molar-refractivity contribution is 5.64. The zero-order chi connectivity index (χ0) is 19.0. The molecule has 2 heterocycles. The van der Waals surface area contributed by atoms with Gasteiger partial charge in [0.1, 0.15) is 23.2 Å². The van der Waals surface area contributed by atoms with Crippen LogP contribution in [0.15, 0.2) is 81.3 Å². The van der Waals surface area contributed by atoms with Gasteiger partial charge in [0.2, 0.25) is 5.88 Å². The Morgan fingerprint density at radius 3 is 2.37 bits per heavy atom. The molecule has 2 N–H and O–H groups in total. The lowest BCUT2D eigenvalue weighted by Gasteiger charge is -2.25. The Balaban J connectivity index is 1.85. The lowest BCUT2D eigenvalue weighted by atomic mass is 9.84. The predicted octanol–water partition coefficient (Wildman–Crippen LogP) is 3.83. The largest absolute Gasteiger partial charge is 0.440 e. The SMILES string of the molecule is Cc1cc2c(c(=O)o1)C(c1ccc(-c3ccccc3)cc1)C(C#N)=C(N)O2. The lowest BCUT2D eigenvalue weighted by Crippen LogP contribution is -2.26. The van der Waals surface area contributed by atoms with Crippen molar-refractivity contribution in [3.8, 4) is 22.9 Å². The van der Waals surface area contributed by atoms with Gasteiger partial charge in [-0.2, -0.15) is 5.26 Å². The minimum atomic E-state index is -0.625. The standard InChI is InChI=1S/C22H16N2O3/c1-13-11-18-20(22(25)26-13)19(17(12-23)21(24)27-18)16-9-7-15(8-10-16)14-5-3-2-4-6-14/h2-11,19H,24H2,1H3. The molecule has 0 bridgehead atoms. The van der Waals surface area contributed by atoms with Gasteiger partial charge in [0.25, 0.3) is 0 Å². The Morgan fingerprint density at radius 1 is 1.04 bits per heavy atom. The third-order valence-electron chi connectivity index (χ3n) is 4.61. The quantitative estimate of drug-likeness (QED) is 0.754. The van der Waals surface area contributed by atoms with Gasteiger partial charge in [-0.3, -0.25) is 0 Å². The molecule has 0 saturated heterocycles. The average Bonchev–Trinajstić information content (AvgIpc) is 2.67. The van der Waals surface area contributed by atoms with Crippen molar-refractivity contribution >= 4 is 0 Å². The van der Waals surface area contributed by atoms with Crippen molar-refractivity contribution < 1.29 is 9.15 Å². The van der Waals surface area contributed by atoms with Gasteiger partial charge in [-0.05, 0) is 23.6 Å². The first-order chi connectivity index (χ1) is 13.1. The third-order valence-corrected chi connectivity index (χ3v) is 4.61. The number of nitrogens with two attached hydrogens (primary N) is 1. The van der Waals surface area contributed by atoms with E-state index in [0.717, 1.165) is 16.7 Å². The van der Waals surface area contributed by atoms with Crippen molar-refractivity contribution in [1.82, 2.24) is 0 Å². The number of ether oxygens (including phenoxy) is 1. The summed E-state index contributed by atoms with van der Waals surface area (Å²) >= 11 is 0. The van der Waals surface area contributed by atoms with Crippen LogP contribution in [0.25, 0.3) is 11.1 Å². The molecule has 1 atom stereocenters. The molecule has 0 aliphatic carbocycles. The van der Waals surface area contributed by atoms with Crippen molar-refractivity contribution in [2.24, 2.45) is 5.73 Å². The van der Waals surface area contributed by atoms with Crippen LogP contribution in [-0.4, -0.2) is 0 Å². The number of hydrogen-bond acceptors (Lipinski definition) is 5. The normalized spacial score (nSPS) is 15.6. The second kappa shape index (κ2) is 6.50. The number of nitriles is 1. The Hall–Kier alpha value is -3.78. The molecular formula is C22H16N2O3. The molecule has 4 rings (SSSR count). The number of rotatable bonds is 2. The van der Waals surface area contributed by atoms with Crippen LogP contribution < -0.4 is 16.1 Å². The van der Waals surface area contributed by atoms with E-state index in [4.69, 9.17) is 14.9 Å². The number of hydrogen-bond donors (Lipinski definition) is 1. The first-order valence-electron chi connectivity index (χ1n) is 8.46. The summed E-state index contributed by atoms with van der Waals surface area (Å²) < 4.78 is 10.8. The number of allylic oxidation sites excluding steroid dienone is 1. The summed E-state index contributed by atoms with van der Waals surface area (Å²) in [5.41, 5.74) is 8.82. The van der Waals surface area contributed by atoms with E-state index in [1.165, 1.54) is 0 Å². The monoisotopic (exact) mass is 356 g/mol. The molecule has 1 aliphatic heterocycles. The molecule has 0 fully saturated rings. The molecule has 2 aromatic carbocycles. The lowest BCUT2D eigenvalue weighted by molar-refractivity contribution is 0.371. The molecule has 5 heteroatoms. The van der Waals surface area contributed by atoms with E-state index in [2.05, 4.69) is 6.07 Å². The van der Waals surface area contributed by atoms with Crippen molar-refractivity contribution in [3.05, 3.63) is 99.4 Å². The molecule has 27 heavy (non-hydrogen) atoms. The highest BCUT2D eigenvalue weighted by Crippen LogP contribution is 2.40. The van der Waals surface area contributed by atoms with Gasteiger partial charge in [0.15, 0.2) is 0 Å². The second-order valence-electron chi connectivity index (χ2n) is 6.34. The third kappa shape index (κ3) is 2.87. The van der Waals surface area contributed by atoms with Crippen molar-refractivity contribution in [3.63, 3.8) is 0 Å². The number of benzene rings is 2. The fourth-order valence-corrected chi connectivity index (χ4v) is 3.35. The maximum Gasteiger partial charge on any atom is 0.343 e. The first-order valence-corrected chi connectivity index (χ1v) is 8.46. The summed E-state index contributed by atoms with van der Waals surface area (Å²) in [4.78, 5) is 12.5. The topological polar surface area (TPSA) is 89.2 Å². The molecule has 0 saturated carbocycles. The van der Waals surface area contributed by atoms with Crippen LogP contribution >= 0.6 is 0 Å². The van der Waals surface area contributed by atoms with E-state index in [1.54, 1.807) is 13.0 Å². The molecule has 5 nitrogen and oxygen atoms in total. The van der Waals surface area contributed by atoms with E-state index >= 15 is 0 Å². The average molecular weight is 356 g/mol. The van der Waals surface area contributed by atoms with Crippen molar-refractivity contribution in [2.45, 2.75) is 12.8 Å². The number of aryl methyl sites for hydroxylation is 1. The Kier molecular flexibility index (Phi) is 4.02. The van der Waals surface area contributed by atoms with Crippen LogP contribution in [0.3, 0.4) is 0 Å².